The summed E-state index contributed by atoms with van der Waals surface area (Å²) in [5.41, 5.74) is 7.07. The van der Waals surface area contributed by atoms with Crippen molar-refractivity contribution < 1.29 is 4.79 Å². The molecule has 0 aliphatic heterocycles. The summed E-state index contributed by atoms with van der Waals surface area (Å²) >= 11 is 1.65. The average Bonchev–Trinajstić information content (AvgIpc) is 2.82. The number of thiophene rings is 1. The van der Waals surface area contributed by atoms with Crippen LogP contribution in [-0.4, -0.2) is 12.5 Å². The molecule has 3 N–H and O–H groups in total. The van der Waals surface area contributed by atoms with E-state index in [0.29, 0.717) is 13.0 Å². The normalized spacial score (nSPS) is 12.1. The van der Waals surface area contributed by atoms with E-state index >= 15 is 0 Å². The Morgan fingerprint density at radius 2 is 2.00 bits per heavy atom. The Hall–Kier alpha value is -1.65. The first kappa shape index (κ1) is 13.8. The van der Waals surface area contributed by atoms with E-state index in [0.717, 1.165) is 10.4 Å². The second kappa shape index (κ2) is 6.50. The van der Waals surface area contributed by atoms with Gasteiger partial charge in [0.1, 0.15) is 0 Å². The van der Waals surface area contributed by atoms with Gasteiger partial charge in [-0.25, -0.2) is 0 Å². The maximum atomic E-state index is 11.8. The Morgan fingerprint density at radius 3 is 2.63 bits per heavy atom. The summed E-state index contributed by atoms with van der Waals surface area (Å²) in [5, 5.41) is 2.88. The number of amides is 1. The summed E-state index contributed by atoms with van der Waals surface area (Å²) in [4.78, 5) is 14.1. The van der Waals surface area contributed by atoms with E-state index in [1.54, 1.807) is 11.3 Å². The molecule has 1 heterocycles. The van der Waals surface area contributed by atoms with Gasteiger partial charge < -0.3 is 11.1 Å². The van der Waals surface area contributed by atoms with E-state index < -0.39 is 0 Å². The number of rotatable bonds is 5. The van der Waals surface area contributed by atoms with Crippen molar-refractivity contribution in [1.82, 2.24) is 5.32 Å². The molecule has 0 bridgehead atoms. The SMILES string of the molecule is Cc1ccc(CC(=O)NCC(N)c2ccccc2)s1. The molecule has 1 amide bonds. The summed E-state index contributed by atoms with van der Waals surface area (Å²) in [6, 6.07) is 13.7. The number of carbonyl (C=O) groups excluding carboxylic acids is 1. The van der Waals surface area contributed by atoms with Crippen molar-refractivity contribution in [3.05, 3.63) is 57.8 Å². The van der Waals surface area contributed by atoms with Gasteiger partial charge in [0.15, 0.2) is 0 Å². The van der Waals surface area contributed by atoms with Gasteiger partial charge in [-0.3, -0.25) is 4.79 Å². The van der Waals surface area contributed by atoms with Gasteiger partial charge in [-0.05, 0) is 24.6 Å². The van der Waals surface area contributed by atoms with E-state index in [4.69, 9.17) is 5.73 Å². The molecular weight excluding hydrogens is 256 g/mol. The van der Waals surface area contributed by atoms with Gasteiger partial charge in [-0.15, -0.1) is 11.3 Å². The minimum absolute atomic E-state index is 0.0215. The van der Waals surface area contributed by atoms with Crippen molar-refractivity contribution in [3.63, 3.8) is 0 Å². The highest BCUT2D eigenvalue weighted by Gasteiger charge is 2.09. The first-order valence-electron chi connectivity index (χ1n) is 6.27. The van der Waals surface area contributed by atoms with Crippen molar-refractivity contribution in [3.8, 4) is 0 Å². The minimum Gasteiger partial charge on any atom is -0.354 e. The van der Waals surface area contributed by atoms with Crippen molar-refractivity contribution in [2.75, 3.05) is 6.54 Å². The van der Waals surface area contributed by atoms with Crippen molar-refractivity contribution in [2.45, 2.75) is 19.4 Å². The molecular formula is C15H18N2OS. The van der Waals surface area contributed by atoms with Crippen LogP contribution in [0.4, 0.5) is 0 Å². The van der Waals surface area contributed by atoms with E-state index in [-0.39, 0.29) is 11.9 Å². The zero-order valence-electron chi connectivity index (χ0n) is 10.9. The van der Waals surface area contributed by atoms with Crippen molar-refractivity contribution in [1.29, 1.82) is 0 Å². The molecule has 1 aromatic carbocycles. The quantitative estimate of drug-likeness (QED) is 0.879. The van der Waals surface area contributed by atoms with E-state index in [1.807, 2.05) is 49.4 Å². The monoisotopic (exact) mass is 274 g/mol. The van der Waals surface area contributed by atoms with Crippen LogP contribution in [0.3, 0.4) is 0 Å². The van der Waals surface area contributed by atoms with Crippen LogP contribution >= 0.6 is 11.3 Å². The van der Waals surface area contributed by atoms with Crippen LogP contribution in [0.2, 0.25) is 0 Å². The Morgan fingerprint density at radius 1 is 1.26 bits per heavy atom. The molecule has 0 saturated heterocycles. The van der Waals surface area contributed by atoms with Gasteiger partial charge in [0.2, 0.25) is 5.91 Å². The number of carbonyl (C=O) groups is 1. The van der Waals surface area contributed by atoms with Crippen molar-refractivity contribution in [2.24, 2.45) is 5.73 Å². The first-order chi connectivity index (χ1) is 9.15. The molecule has 1 unspecified atom stereocenters. The maximum Gasteiger partial charge on any atom is 0.225 e. The van der Waals surface area contributed by atoms with Crippen LogP contribution in [-0.2, 0) is 11.2 Å². The fourth-order valence-electron chi connectivity index (χ4n) is 1.84. The van der Waals surface area contributed by atoms with Gasteiger partial charge >= 0.3 is 0 Å². The largest absolute Gasteiger partial charge is 0.354 e. The molecule has 1 aromatic heterocycles. The zero-order valence-corrected chi connectivity index (χ0v) is 11.7. The third-order valence-corrected chi connectivity index (χ3v) is 3.88. The highest BCUT2D eigenvalue weighted by Crippen LogP contribution is 2.15. The lowest BCUT2D eigenvalue weighted by atomic mass is 10.1. The molecule has 2 rings (SSSR count). The smallest absolute Gasteiger partial charge is 0.225 e. The highest BCUT2D eigenvalue weighted by atomic mass is 32.1. The van der Waals surface area contributed by atoms with Gasteiger partial charge in [0.05, 0.1) is 6.42 Å². The summed E-state index contributed by atoms with van der Waals surface area (Å²) < 4.78 is 0. The van der Waals surface area contributed by atoms with Crippen LogP contribution in [0.15, 0.2) is 42.5 Å². The zero-order chi connectivity index (χ0) is 13.7. The molecule has 2 aromatic rings. The molecule has 0 spiro atoms. The van der Waals surface area contributed by atoms with E-state index in [9.17, 15) is 4.79 Å². The Bertz CT molecular complexity index is 536. The van der Waals surface area contributed by atoms with Crippen LogP contribution in [0, 0.1) is 6.92 Å². The molecule has 0 radical (unpaired) electrons. The Balaban J connectivity index is 1.80. The predicted molar refractivity (Wildman–Crippen MR) is 79.1 cm³/mol. The Labute approximate surface area is 117 Å². The number of nitrogens with two attached hydrogens (primary N) is 1. The maximum absolute atomic E-state index is 11.8. The standard InChI is InChI=1S/C15H18N2OS/c1-11-7-8-13(19-11)9-15(18)17-10-14(16)12-5-3-2-4-6-12/h2-8,14H,9-10,16H2,1H3,(H,17,18). The lowest BCUT2D eigenvalue weighted by Crippen LogP contribution is -2.32. The van der Waals surface area contributed by atoms with Crippen LogP contribution in [0.5, 0.6) is 0 Å². The van der Waals surface area contributed by atoms with Crippen LogP contribution in [0.25, 0.3) is 0 Å². The van der Waals surface area contributed by atoms with Gasteiger partial charge in [0, 0.05) is 22.3 Å². The minimum atomic E-state index is -0.157. The number of nitrogens with one attached hydrogen (secondary N) is 1. The summed E-state index contributed by atoms with van der Waals surface area (Å²) in [6.07, 6.45) is 0.431. The van der Waals surface area contributed by atoms with Crippen molar-refractivity contribution >= 4 is 17.2 Å². The summed E-state index contributed by atoms with van der Waals surface area (Å²) in [6.45, 7) is 2.50. The number of benzene rings is 1. The fourth-order valence-corrected chi connectivity index (χ4v) is 2.73. The third kappa shape index (κ3) is 4.19. The van der Waals surface area contributed by atoms with Gasteiger partial charge in [0.25, 0.3) is 0 Å². The molecule has 19 heavy (non-hydrogen) atoms. The molecule has 1 atom stereocenters. The average molecular weight is 274 g/mol. The predicted octanol–water partition coefficient (Wildman–Crippen LogP) is 2.42. The molecule has 4 heteroatoms. The molecule has 0 aliphatic carbocycles. The number of hydrogen-bond acceptors (Lipinski definition) is 3. The number of aryl methyl sites for hydroxylation is 1. The second-order valence-electron chi connectivity index (χ2n) is 4.51. The topological polar surface area (TPSA) is 55.1 Å². The van der Waals surface area contributed by atoms with Crippen LogP contribution in [0.1, 0.15) is 21.4 Å². The van der Waals surface area contributed by atoms with E-state index in [2.05, 4.69) is 5.32 Å². The Kier molecular flexibility index (Phi) is 4.71. The second-order valence-corrected chi connectivity index (χ2v) is 5.88. The van der Waals surface area contributed by atoms with Gasteiger partial charge in [-0.2, -0.15) is 0 Å². The first-order valence-corrected chi connectivity index (χ1v) is 7.09. The molecule has 0 fully saturated rings. The van der Waals surface area contributed by atoms with E-state index in [1.165, 1.54) is 4.88 Å². The van der Waals surface area contributed by atoms with Crippen LogP contribution < -0.4 is 11.1 Å². The lowest BCUT2D eigenvalue weighted by molar-refractivity contribution is -0.120. The number of hydrogen-bond donors (Lipinski definition) is 2. The fraction of sp³-hybridized carbons (Fsp3) is 0.267. The molecule has 3 nitrogen and oxygen atoms in total. The summed E-state index contributed by atoms with van der Waals surface area (Å²) in [7, 11) is 0. The summed E-state index contributed by atoms with van der Waals surface area (Å²) in [5.74, 6) is 0.0215. The lowest BCUT2D eigenvalue weighted by Gasteiger charge is -2.12. The highest BCUT2D eigenvalue weighted by molar-refractivity contribution is 7.12. The third-order valence-electron chi connectivity index (χ3n) is 2.88. The molecule has 100 valence electrons. The molecule has 0 aliphatic rings. The van der Waals surface area contributed by atoms with Gasteiger partial charge in [-0.1, -0.05) is 30.3 Å². The molecule has 0 saturated carbocycles.